The molecule has 0 saturated heterocycles. The summed E-state index contributed by atoms with van der Waals surface area (Å²) in [4.78, 5) is 23.7. The lowest BCUT2D eigenvalue weighted by molar-refractivity contribution is 0.0949. The lowest BCUT2D eigenvalue weighted by Crippen LogP contribution is -2.42. The van der Waals surface area contributed by atoms with Gasteiger partial charge >= 0.3 is 6.03 Å². The molecule has 1 aromatic rings. The van der Waals surface area contributed by atoms with Crippen LogP contribution in [0.25, 0.3) is 0 Å². The van der Waals surface area contributed by atoms with Gasteiger partial charge in [-0.1, -0.05) is 103 Å². The van der Waals surface area contributed by atoms with E-state index >= 15 is 0 Å². The van der Waals surface area contributed by atoms with E-state index in [-0.39, 0.29) is 29.8 Å². The highest BCUT2D eigenvalue weighted by Gasteiger charge is 2.11. The fourth-order valence-corrected chi connectivity index (χ4v) is 3.95. The summed E-state index contributed by atoms with van der Waals surface area (Å²) in [6.07, 6.45) is 21.1. The quantitative estimate of drug-likeness (QED) is 0.111. The van der Waals surface area contributed by atoms with Gasteiger partial charge in [-0.05, 0) is 18.6 Å². The highest BCUT2D eigenvalue weighted by atomic mass is 16.3. The van der Waals surface area contributed by atoms with Crippen LogP contribution in [-0.4, -0.2) is 35.4 Å². The van der Waals surface area contributed by atoms with Gasteiger partial charge in [-0.15, -0.1) is 0 Å². The third kappa shape index (κ3) is 15.4. The Balaban J connectivity index is 1.85. The molecular formula is C27H47N3O4. The molecule has 1 aromatic carbocycles. The van der Waals surface area contributed by atoms with Crippen molar-refractivity contribution in [3.63, 3.8) is 0 Å². The van der Waals surface area contributed by atoms with Crippen molar-refractivity contribution in [2.24, 2.45) is 0 Å². The molecule has 0 heterocycles. The van der Waals surface area contributed by atoms with Gasteiger partial charge < -0.3 is 26.2 Å². The van der Waals surface area contributed by atoms with Crippen LogP contribution in [0.15, 0.2) is 18.2 Å². The number of hydrogen-bond donors (Lipinski definition) is 5. The molecule has 0 aliphatic rings. The minimum Gasteiger partial charge on any atom is -0.508 e. The molecule has 0 atom stereocenters. The molecule has 194 valence electrons. The Morgan fingerprint density at radius 3 is 1.68 bits per heavy atom. The predicted molar refractivity (Wildman–Crippen MR) is 138 cm³/mol. The first-order valence-electron chi connectivity index (χ1n) is 13.4. The van der Waals surface area contributed by atoms with Crippen molar-refractivity contribution in [2.45, 2.75) is 110 Å². The van der Waals surface area contributed by atoms with Gasteiger partial charge in [0.1, 0.15) is 11.5 Å². The van der Waals surface area contributed by atoms with E-state index in [2.05, 4.69) is 22.9 Å². The second-order valence-corrected chi connectivity index (χ2v) is 9.12. The summed E-state index contributed by atoms with van der Waals surface area (Å²) in [6, 6.07) is 3.38. The highest BCUT2D eigenvalue weighted by molar-refractivity contribution is 5.97. The first kappa shape index (κ1) is 29.6. The first-order chi connectivity index (χ1) is 16.5. The van der Waals surface area contributed by atoms with Crippen LogP contribution in [0.1, 0.15) is 120 Å². The molecule has 0 fully saturated rings. The van der Waals surface area contributed by atoms with E-state index in [4.69, 9.17) is 0 Å². The molecule has 7 nitrogen and oxygen atoms in total. The second kappa shape index (κ2) is 20.0. The monoisotopic (exact) mass is 477 g/mol. The average Bonchev–Trinajstić information content (AvgIpc) is 2.81. The van der Waals surface area contributed by atoms with E-state index in [1.165, 1.54) is 102 Å². The molecule has 34 heavy (non-hydrogen) atoms. The number of benzene rings is 1. The average molecular weight is 478 g/mol. The molecule has 0 spiro atoms. The zero-order chi connectivity index (χ0) is 24.9. The molecule has 0 aliphatic carbocycles. The maximum atomic E-state index is 12.0. The maximum Gasteiger partial charge on any atom is 0.316 e. The largest absolute Gasteiger partial charge is 0.508 e. The molecule has 0 aromatic heterocycles. The van der Waals surface area contributed by atoms with Crippen molar-refractivity contribution < 1.29 is 19.8 Å². The van der Waals surface area contributed by atoms with Crippen LogP contribution in [0.2, 0.25) is 0 Å². The fourth-order valence-electron chi connectivity index (χ4n) is 3.95. The van der Waals surface area contributed by atoms with Gasteiger partial charge in [0.15, 0.2) is 0 Å². The molecule has 0 saturated carbocycles. The van der Waals surface area contributed by atoms with Gasteiger partial charge in [-0.25, -0.2) is 4.79 Å². The first-order valence-corrected chi connectivity index (χ1v) is 13.4. The molecular weight excluding hydrogens is 430 g/mol. The van der Waals surface area contributed by atoms with Crippen LogP contribution in [0.3, 0.4) is 0 Å². The smallest absolute Gasteiger partial charge is 0.316 e. The SMILES string of the molecule is CCCCCCCCCCCCCCCCCCNC(=O)NCNC(=O)c1ccc(O)cc1O. The Labute approximate surface area is 206 Å². The molecule has 0 radical (unpaired) electrons. The van der Waals surface area contributed by atoms with Crippen molar-refractivity contribution in [3.8, 4) is 11.5 Å². The third-order valence-electron chi connectivity index (χ3n) is 6.04. The summed E-state index contributed by atoms with van der Waals surface area (Å²) >= 11 is 0. The summed E-state index contributed by atoms with van der Waals surface area (Å²) in [5, 5.41) is 26.8. The fraction of sp³-hybridized carbons (Fsp3) is 0.704. The van der Waals surface area contributed by atoms with E-state index in [1.54, 1.807) is 0 Å². The number of carbonyl (C=O) groups is 2. The van der Waals surface area contributed by atoms with Crippen LogP contribution in [0, 0.1) is 0 Å². The topological polar surface area (TPSA) is 111 Å². The summed E-state index contributed by atoms with van der Waals surface area (Å²) in [6.45, 7) is 2.82. The summed E-state index contributed by atoms with van der Waals surface area (Å²) in [7, 11) is 0. The molecule has 3 amide bonds. The van der Waals surface area contributed by atoms with Crippen molar-refractivity contribution >= 4 is 11.9 Å². The molecule has 0 unspecified atom stereocenters. The Hall–Kier alpha value is -2.44. The number of nitrogens with one attached hydrogen (secondary N) is 3. The van der Waals surface area contributed by atoms with Gasteiger partial charge in [-0.3, -0.25) is 4.79 Å². The Bertz CT molecular complexity index is 682. The predicted octanol–water partition coefficient (Wildman–Crippen LogP) is 6.35. The normalized spacial score (nSPS) is 10.7. The van der Waals surface area contributed by atoms with Gasteiger partial charge in [0.2, 0.25) is 0 Å². The van der Waals surface area contributed by atoms with Crippen molar-refractivity contribution in [3.05, 3.63) is 23.8 Å². The zero-order valence-corrected chi connectivity index (χ0v) is 21.2. The lowest BCUT2D eigenvalue weighted by atomic mass is 10.0. The van der Waals surface area contributed by atoms with Gasteiger partial charge in [0.05, 0.1) is 12.2 Å². The number of hydrogen-bond acceptors (Lipinski definition) is 4. The van der Waals surface area contributed by atoms with Crippen molar-refractivity contribution in [1.29, 1.82) is 0 Å². The van der Waals surface area contributed by atoms with E-state index < -0.39 is 5.91 Å². The zero-order valence-electron chi connectivity index (χ0n) is 21.2. The Kier molecular flexibility index (Phi) is 17.4. The molecule has 7 heteroatoms. The minimum absolute atomic E-state index is 0.0353. The molecule has 1 rings (SSSR count). The van der Waals surface area contributed by atoms with Crippen molar-refractivity contribution in [2.75, 3.05) is 13.2 Å². The van der Waals surface area contributed by atoms with E-state index in [0.29, 0.717) is 6.54 Å². The standard InChI is InChI=1S/C27H47N3O4/c1-2-3-4-5-6-7-8-9-10-11-12-13-14-15-16-17-20-28-27(34)30-22-29-26(33)24-19-18-23(31)21-25(24)32/h18-19,21,31-32H,2-17,20,22H2,1H3,(H,29,33)(H2,28,30,34). The highest BCUT2D eigenvalue weighted by Crippen LogP contribution is 2.22. The van der Waals surface area contributed by atoms with Gasteiger partial charge in [-0.2, -0.15) is 0 Å². The Morgan fingerprint density at radius 1 is 0.676 bits per heavy atom. The number of rotatable bonds is 20. The van der Waals surface area contributed by atoms with E-state index in [0.717, 1.165) is 18.9 Å². The van der Waals surface area contributed by atoms with Gasteiger partial charge in [0, 0.05) is 12.6 Å². The maximum absolute atomic E-state index is 12.0. The van der Waals surface area contributed by atoms with E-state index in [9.17, 15) is 19.8 Å². The van der Waals surface area contributed by atoms with Crippen LogP contribution < -0.4 is 16.0 Å². The molecule has 0 aliphatic heterocycles. The van der Waals surface area contributed by atoms with Crippen LogP contribution in [0.5, 0.6) is 11.5 Å². The summed E-state index contributed by atoms with van der Waals surface area (Å²) in [5.74, 6) is -0.971. The number of urea groups is 1. The Morgan fingerprint density at radius 2 is 1.18 bits per heavy atom. The van der Waals surface area contributed by atoms with Crippen LogP contribution in [-0.2, 0) is 0 Å². The number of unbranched alkanes of at least 4 members (excludes halogenated alkanes) is 15. The molecule has 0 bridgehead atoms. The summed E-state index contributed by atoms with van der Waals surface area (Å²) < 4.78 is 0. The number of phenols is 2. The number of carbonyl (C=O) groups excluding carboxylic acids is 2. The molecule has 5 N–H and O–H groups in total. The van der Waals surface area contributed by atoms with Crippen LogP contribution in [0.4, 0.5) is 4.79 Å². The van der Waals surface area contributed by atoms with Gasteiger partial charge in [0.25, 0.3) is 5.91 Å². The minimum atomic E-state index is -0.532. The second-order valence-electron chi connectivity index (χ2n) is 9.12. The number of amides is 3. The lowest BCUT2D eigenvalue weighted by Gasteiger charge is -2.10. The van der Waals surface area contributed by atoms with E-state index in [1.807, 2.05) is 0 Å². The van der Waals surface area contributed by atoms with Crippen molar-refractivity contribution in [1.82, 2.24) is 16.0 Å². The third-order valence-corrected chi connectivity index (χ3v) is 6.04. The number of phenolic OH excluding ortho intramolecular Hbond substituents is 2. The summed E-state index contributed by atoms with van der Waals surface area (Å²) in [5.41, 5.74) is 0.0353. The number of aromatic hydroxyl groups is 2. The van der Waals surface area contributed by atoms with Crippen LogP contribution >= 0.6 is 0 Å².